The first-order chi connectivity index (χ1) is 7.13. The Balaban J connectivity index is 2.54. The summed E-state index contributed by atoms with van der Waals surface area (Å²) in [4.78, 5) is 2.20. The summed E-state index contributed by atoms with van der Waals surface area (Å²) in [5.74, 6) is -0.165. The van der Waals surface area contributed by atoms with E-state index in [0.29, 0.717) is 6.04 Å². The third-order valence-corrected chi connectivity index (χ3v) is 2.57. The lowest BCUT2D eigenvalue weighted by atomic mass is 10.2. The molecule has 84 valence electrons. The van der Waals surface area contributed by atoms with E-state index in [2.05, 4.69) is 17.1 Å². The van der Waals surface area contributed by atoms with Crippen molar-refractivity contribution in [2.45, 2.75) is 19.5 Å². The minimum atomic E-state index is -0.165. The molecule has 0 aliphatic heterocycles. The first-order valence-electron chi connectivity index (χ1n) is 5.22. The minimum Gasteiger partial charge on any atom is -0.318 e. The molecule has 0 spiro atoms. The number of hydrogen-bond acceptors (Lipinski definition) is 2. The molecule has 1 atom stereocenters. The molecule has 0 aliphatic rings. The van der Waals surface area contributed by atoms with Crippen LogP contribution in [0.1, 0.15) is 12.5 Å². The van der Waals surface area contributed by atoms with E-state index < -0.39 is 0 Å². The van der Waals surface area contributed by atoms with Gasteiger partial charge in [0.2, 0.25) is 0 Å². The highest BCUT2D eigenvalue weighted by Crippen LogP contribution is 2.07. The molecule has 0 aliphatic carbocycles. The van der Waals surface area contributed by atoms with Crippen LogP contribution < -0.4 is 5.32 Å². The summed E-state index contributed by atoms with van der Waals surface area (Å²) in [6.45, 7) is 3.86. The highest BCUT2D eigenvalue weighted by Gasteiger charge is 2.08. The van der Waals surface area contributed by atoms with Gasteiger partial charge in [-0.1, -0.05) is 12.1 Å². The Bertz CT molecular complexity index is 301. The topological polar surface area (TPSA) is 15.3 Å². The quantitative estimate of drug-likeness (QED) is 0.798. The van der Waals surface area contributed by atoms with E-state index in [4.69, 9.17) is 0 Å². The van der Waals surface area contributed by atoms with Crippen LogP contribution in [0, 0.1) is 5.82 Å². The summed E-state index contributed by atoms with van der Waals surface area (Å²) >= 11 is 0. The van der Waals surface area contributed by atoms with Crippen LogP contribution in [0.5, 0.6) is 0 Å². The van der Waals surface area contributed by atoms with E-state index >= 15 is 0 Å². The van der Waals surface area contributed by atoms with Crippen molar-refractivity contribution in [2.24, 2.45) is 0 Å². The second-order valence-corrected chi connectivity index (χ2v) is 3.95. The van der Waals surface area contributed by atoms with Gasteiger partial charge in [0.25, 0.3) is 0 Å². The molecule has 3 heteroatoms. The molecule has 0 bridgehead atoms. The summed E-state index contributed by atoms with van der Waals surface area (Å²) in [6, 6.07) is 7.20. The molecular weight excluding hydrogens is 191 g/mol. The van der Waals surface area contributed by atoms with Crippen molar-refractivity contribution >= 4 is 0 Å². The second-order valence-electron chi connectivity index (χ2n) is 3.95. The number of benzene rings is 1. The molecule has 1 aromatic rings. The fraction of sp³-hybridized carbons (Fsp3) is 0.500. The van der Waals surface area contributed by atoms with Crippen LogP contribution in [0.3, 0.4) is 0 Å². The Morgan fingerprint density at radius 1 is 1.47 bits per heavy atom. The second kappa shape index (κ2) is 5.83. The number of hydrogen-bond donors (Lipinski definition) is 1. The van der Waals surface area contributed by atoms with Crippen LogP contribution >= 0.6 is 0 Å². The number of rotatable bonds is 5. The Morgan fingerprint density at radius 2 is 2.20 bits per heavy atom. The fourth-order valence-corrected chi connectivity index (χ4v) is 1.53. The summed E-state index contributed by atoms with van der Waals surface area (Å²) in [6.07, 6.45) is 0. The lowest BCUT2D eigenvalue weighted by Crippen LogP contribution is -2.36. The average molecular weight is 210 g/mol. The van der Waals surface area contributed by atoms with E-state index in [-0.39, 0.29) is 5.82 Å². The molecule has 2 nitrogen and oxygen atoms in total. The lowest BCUT2D eigenvalue weighted by Gasteiger charge is -2.24. The van der Waals surface area contributed by atoms with Crippen molar-refractivity contribution in [1.82, 2.24) is 10.2 Å². The first-order valence-corrected chi connectivity index (χ1v) is 5.22. The van der Waals surface area contributed by atoms with Crippen LogP contribution in [0.25, 0.3) is 0 Å². The Hall–Kier alpha value is -0.930. The standard InChI is InChI=1S/C12H19FN2/c1-10(8-14-2)15(3)9-11-5-4-6-12(13)7-11/h4-7,10,14H,8-9H2,1-3H3. The normalized spacial score (nSPS) is 13.1. The van der Waals surface area contributed by atoms with E-state index in [1.54, 1.807) is 12.1 Å². The highest BCUT2D eigenvalue weighted by atomic mass is 19.1. The van der Waals surface area contributed by atoms with E-state index in [1.165, 1.54) is 6.07 Å². The number of nitrogens with one attached hydrogen (secondary N) is 1. The van der Waals surface area contributed by atoms with Gasteiger partial charge in [-0.3, -0.25) is 4.90 Å². The van der Waals surface area contributed by atoms with Crippen molar-refractivity contribution < 1.29 is 4.39 Å². The van der Waals surface area contributed by atoms with Gasteiger partial charge in [-0.25, -0.2) is 4.39 Å². The van der Waals surface area contributed by atoms with Crippen LogP contribution in [-0.4, -0.2) is 31.6 Å². The van der Waals surface area contributed by atoms with Crippen LogP contribution in [0.4, 0.5) is 4.39 Å². The van der Waals surface area contributed by atoms with Crippen LogP contribution in [-0.2, 0) is 6.54 Å². The zero-order valence-electron chi connectivity index (χ0n) is 9.63. The molecule has 1 unspecified atom stereocenters. The zero-order chi connectivity index (χ0) is 11.3. The number of halogens is 1. The SMILES string of the molecule is CNCC(C)N(C)Cc1cccc(F)c1. The van der Waals surface area contributed by atoms with Gasteiger partial charge in [-0.05, 0) is 38.7 Å². The minimum absolute atomic E-state index is 0.165. The number of nitrogens with zero attached hydrogens (tertiary/aromatic N) is 1. The number of likely N-dealkylation sites (N-methyl/N-ethyl adjacent to an activating group) is 2. The van der Waals surface area contributed by atoms with Gasteiger partial charge in [0.05, 0.1) is 0 Å². The molecular formula is C12H19FN2. The van der Waals surface area contributed by atoms with Gasteiger partial charge in [0.1, 0.15) is 5.82 Å². The first kappa shape index (κ1) is 12.1. The van der Waals surface area contributed by atoms with Gasteiger partial charge < -0.3 is 5.32 Å². The predicted octanol–water partition coefficient (Wildman–Crippen LogP) is 1.87. The van der Waals surface area contributed by atoms with E-state index in [9.17, 15) is 4.39 Å². The maximum atomic E-state index is 12.9. The predicted molar refractivity (Wildman–Crippen MR) is 61.3 cm³/mol. The van der Waals surface area contributed by atoms with Gasteiger partial charge in [0, 0.05) is 19.1 Å². The fourth-order valence-electron chi connectivity index (χ4n) is 1.53. The largest absolute Gasteiger partial charge is 0.318 e. The summed E-state index contributed by atoms with van der Waals surface area (Å²) in [5.41, 5.74) is 1.01. The third-order valence-electron chi connectivity index (χ3n) is 2.57. The molecule has 0 aromatic heterocycles. The van der Waals surface area contributed by atoms with E-state index in [0.717, 1.165) is 18.7 Å². The molecule has 1 aromatic carbocycles. The summed E-state index contributed by atoms with van der Waals surface area (Å²) < 4.78 is 12.9. The van der Waals surface area contributed by atoms with E-state index in [1.807, 2.05) is 20.2 Å². The molecule has 0 saturated carbocycles. The molecule has 1 rings (SSSR count). The third kappa shape index (κ3) is 3.98. The molecule has 0 saturated heterocycles. The average Bonchev–Trinajstić information content (AvgIpc) is 2.18. The summed E-state index contributed by atoms with van der Waals surface area (Å²) in [7, 11) is 3.99. The van der Waals surface area contributed by atoms with Gasteiger partial charge in [0.15, 0.2) is 0 Å². The Labute approximate surface area is 91.1 Å². The Morgan fingerprint density at radius 3 is 2.80 bits per heavy atom. The Kier molecular flexibility index (Phi) is 4.72. The van der Waals surface area contributed by atoms with Gasteiger partial charge in [-0.15, -0.1) is 0 Å². The smallest absolute Gasteiger partial charge is 0.123 e. The van der Waals surface area contributed by atoms with Crippen molar-refractivity contribution in [3.63, 3.8) is 0 Å². The van der Waals surface area contributed by atoms with Crippen LogP contribution in [0.2, 0.25) is 0 Å². The van der Waals surface area contributed by atoms with Crippen LogP contribution in [0.15, 0.2) is 24.3 Å². The maximum absolute atomic E-state index is 12.9. The zero-order valence-corrected chi connectivity index (χ0v) is 9.63. The van der Waals surface area contributed by atoms with Gasteiger partial charge >= 0.3 is 0 Å². The molecule has 15 heavy (non-hydrogen) atoms. The highest BCUT2D eigenvalue weighted by molar-refractivity contribution is 5.16. The molecule has 0 heterocycles. The van der Waals surface area contributed by atoms with Gasteiger partial charge in [-0.2, -0.15) is 0 Å². The monoisotopic (exact) mass is 210 g/mol. The maximum Gasteiger partial charge on any atom is 0.123 e. The molecule has 0 radical (unpaired) electrons. The van der Waals surface area contributed by atoms with Crippen molar-refractivity contribution in [1.29, 1.82) is 0 Å². The summed E-state index contributed by atoms with van der Waals surface area (Å²) in [5, 5.41) is 3.13. The lowest BCUT2D eigenvalue weighted by molar-refractivity contribution is 0.246. The van der Waals surface area contributed by atoms with Crippen molar-refractivity contribution in [3.05, 3.63) is 35.6 Å². The van der Waals surface area contributed by atoms with Crippen molar-refractivity contribution in [3.8, 4) is 0 Å². The molecule has 1 N–H and O–H groups in total. The molecule has 0 fully saturated rings. The molecule has 0 amide bonds. The van der Waals surface area contributed by atoms with Crippen molar-refractivity contribution in [2.75, 3.05) is 20.6 Å².